The standard InChI is InChI=1S/C22H22N2O4S/c1-2-28-22(27)14-6-5-11-24(12-14)20-16(21(25)26)9-10-18(23-20)17-13-29-19-8-4-3-7-15(17)19/h3-4,7-10,13-14H,2,5-6,11-12H2,1H3,(H,25,26)/t14-/m1/s1. The molecule has 1 fully saturated rings. The van der Waals surface area contributed by atoms with Crippen LogP contribution in [0.25, 0.3) is 21.3 Å². The van der Waals surface area contributed by atoms with Crippen LogP contribution in [0, 0.1) is 5.92 Å². The van der Waals surface area contributed by atoms with Crippen molar-refractivity contribution in [1.29, 1.82) is 0 Å². The molecule has 0 unspecified atom stereocenters. The third-order valence-corrected chi connectivity index (χ3v) is 6.17. The second kappa shape index (κ2) is 8.21. The Hall–Kier alpha value is -2.93. The zero-order chi connectivity index (χ0) is 20.4. The Balaban J connectivity index is 1.73. The zero-order valence-electron chi connectivity index (χ0n) is 16.1. The van der Waals surface area contributed by atoms with Crippen molar-refractivity contribution in [3.63, 3.8) is 0 Å². The average Bonchev–Trinajstić information content (AvgIpc) is 3.18. The lowest BCUT2D eigenvalue weighted by Crippen LogP contribution is -2.40. The van der Waals surface area contributed by atoms with Crippen molar-refractivity contribution in [2.45, 2.75) is 19.8 Å². The van der Waals surface area contributed by atoms with E-state index >= 15 is 0 Å². The van der Waals surface area contributed by atoms with E-state index in [0.717, 1.165) is 34.2 Å². The molecule has 1 aromatic carbocycles. The molecule has 0 radical (unpaired) electrons. The molecule has 0 aliphatic carbocycles. The van der Waals surface area contributed by atoms with Crippen LogP contribution >= 0.6 is 11.3 Å². The van der Waals surface area contributed by atoms with Crippen LogP contribution in [0.15, 0.2) is 41.8 Å². The SMILES string of the molecule is CCOC(=O)[C@@H]1CCCN(c2nc(-c3csc4ccccc34)ccc2C(=O)O)C1. The van der Waals surface area contributed by atoms with Crippen LogP contribution in [0.4, 0.5) is 5.82 Å². The molecule has 0 spiro atoms. The smallest absolute Gasteiger partial charge is 0.339 e. The number of carboxylic acids is 1. The zero-order valence-corrected chi connectivity index (χ0v) is 16.9. The number of fused-ring (bicyclic) bond motifs is 1. The third-order valence-electron chi connectivity index (χ3n) is 5.20. The number of thiophene rings is 1. The van der Waals surface area contributed by atoms with Crippen LogP contribution in [-0.2, 0) is 9.53 Å². The maximum atomic E-state index is 12.2. The maximum Gasteiger partial charge on any atom is 0.339 e. The van der Waals surface area contributed by atoms with Gasteiger partial charge in [-0.25, -0.2) is 9.78 Å². The van der Waals surface area contributed by atoms with Gasteiger partial charge in [0.2, 0.25) is 0 Å². The number of carboxylic acid groups (broad SMARTS) is 1. The summed E-state index contributed by atoms with van der Waals surface area (Å²) in [5.74, 6) is -1.10. The van der Waals surface area contributed by atoms with Gasteiger partial charge >= 0.3 is 11.9 Å². The Bertz CT molecular complexity index is 1060. The number of aromatic carboxylic acids is 1. The summed E-state index contributed by atoms with van der Waals surface area (Å²) in [6, 6.07) is 11.5. The number of benzene rings is 1. The molecule has 3 aromatic rings. The predicted octanol–water partition coefficient (Wildman–Crippen LogP) is 4.44. The normalized spacial score (nSPS) is 16.7. The number of rotatable bonds is 5. The molecule has 0 bridgehead atoms. The quantitative estimate of drug-likeness (QED) is 0.627. The number of hydrogen-bond donors (Lipinski definition) is 1. The molecule has 1 saturated heterocycles. The fourth-order valence-corrected chi connectivity index (χ4v) is 4.76. The van der Waals surface area contributed by atoms with E-state index in [4.69, 9.17) is 9.72 Å². The van der Waals surface area contributed by atoms with E-state index in [1.807, 2.05) is 23.1 Å². The van der Waals surface area contributed by atoms with Gasteiger partial charge in [-0.1, -0.05) is 18.2 Å². The van der Waals surface area contributed by atoms with Crippen LogP contribution in [0.2, 0.25) is 0 Å². The van der Waals surface area contributed by atoms with Gasteiger partial charge in [0.25, 0.3) is 0 Å². The number of esters is 1. The Morgan fingerprint density at radius 1 is 1.28 bits per heavy atom. The van der Waals surface area contributed by atoms with Crippen molar-refractivity contribution in [3.8, 4) is 11.3 Å². The molecule has 4 rings (SSSR count). The van der Waals surface area contributed by atoms with Gasteiger partial charge in [-0.3, -0.25) is 4.79 Å². The number of piperidine rings is 1. The monoisotopic (exact) mass is 410 g/mol. The lowest BCUT2D eigenvalue weighted by Gasteiger charge is -2.33. The van der Waals surface area contributed by atoms with Gasteiger partial charge in [0, 0.05) is 34.1 Å². The van der Waals surface area contributed by atoms with Gasteiger partial charge < -0.3 is 14.7 Å². The molecule has 1 N–H and O–H groups in total. The number of anilines is 1. The van der Waals surface area contributed by atoms with Gasteiger partial charge in [0.05, 0.1) is 18.2 Å². The fourth-order valence-electron chi connectivity index (χ4n) is 3.80. The minimum atomic E-state index is -1.02. The third kappa shape index (κ3) is 3.82. The Morgan fingerprint density at radius 3 is 2.90 bits per heavy atom. The van der Waals surface area contributed by atoms with Gasteiger partial charge in [-0.15, -0.1) is 11.3 Å². The van der Waals surface area contributed by atoms with Gasteiger partial charge in [0.1, 0.15) is 11.4 Å². The van der Waals surface area contributed by atoms with Crippen molar-refractivity contribution in [2.75, 3.05) is 24.6 Å². The molecule has 3 heterocycles. The molecule has 2 aromatic heterocycles. The van der Waals surface area contributed by atoms with Gasteiger partial charge in [0.15, 0.2) is 0 Å². The Morgan fingerprint density at radius 2 is 2.10 bits per heavy atom. The van der Waals surface area contributed by atoms with Gasteiger partial charge in [-0.05, 0) is 38.0 Å². The first-order chi connectivity index (χ1) is 14.1. The molecule has 150 valence electrons. The van der Waals surface area contributed by atoms with E-state index in [-0.39, 0.29) is 17.5 Å². The van der Waals surface area contributed by atoms with Crippen LogP contribution < -0.4 is 4.90 Å². The van der Waals surface area contributed by atoms with Crippen molar-refractivity contribution in [2.24, 2.45) is 5.92 Å². The average molecular weight is 410 g/mol. The molecule has 1 aliphatic heterocycles. The number of hydrogen-bond acceptors (Lipinski definition) is 6. The van der Waals surface area contributed by atoms with Crippen LogP contribution in [0.1, 0.15) is 30.1 Å². The highest BCUT2D eigenvalue weighted by Crippen LogP contribution is 2.35. The van der Waals surface area contributed by atoms with Crippen molar-refractivity contribution < 1.29 is 19.4 Å². The first-order valence-corrected chi connectivity index (χ1v) is 10.6. The Labute approximate surface area is 172 Å². The number of aromatic nitrogens is 1. The van der Waals surface area contributed by atoms with E-state index in [2.05, 4.69) is 11.4 Å². The number of pyridine rings is 1. The second-order valence-electron chi connectivity index (χ2n) is 7.06. The van der Waals surface area contributed by atoms with Crippen LogP contribution in [0.3, 0.4) is 0 Å². The molecule has 6 nitrogen and oxygen atoms in total. The largest absolute Gasteiger partial charge is 0.478 e. The van der Waals surface area contributed by atoms with Crippen LogP contribution in [0.5, 0.6) is 0 Å². The summed E-state index contributed by atoms with van der Waals surface area (Å²) in [6.07, 6.45) is 1.53. The fraction of sp³-hybridized carbons (Fsp3) is 0.318. The van der Waals surface area contributed by atoms with Gasteiger partial charge in [-0.2, -0.15) is 0 Å². The first-order valence-electron chi connectivity index (χ1n) is 9.71. The molecule has 0 saturated carbocycles. The second-order valence-corrected chi connectivity index (χ2v) is 7.97. The maximum absolute atomic E-state index is 12.2. The number of ether oxygens (including phenoxy) is 1. The molecule has 1 atom stereocenters. The predicted molar refractivity (Wildman–Crippen MR) is 114 cm³/mol. The van der Waals surface area contributed by atoms with E-state index in [1.165, 1.54) is 0 Å². The molecule has 7 heteroatoms. The van der Waals surface area contributed by atoms with E-state index in [1.54, 1.807) is 30.4 Å². The van der Waals surface area contributed by atoms with E-state index in [9.17, 15) is 14.7 Å². The highest BCUT2D eigenvalue weighted by Gasteiger charge is 2.30. The molecular formula is C22H22N2O4S. The number of nitrogens with zero attached hydrogens (tertiary/aromatic N) is 2. The van der Waals surface area contributed by atoms with E-state index in [0.29, 0.717) is 25.5 Å². The topological polar surface area (TPSA) is 79.7 Å². The van der Waals surface area contributed by atoms with Crippen molar-refractivity contribution in [3.05, 3.63) is 47.3 Å². The number of carbonyl (C=O) groups excluding carboxylic acids is 1. The minimum Gasteiger partial charge on any atom is -0.478 e. The summed E-state index contributed by atoms with van der Waals surface area (Å²) >= 11 is 1.64. The van der Waals surface area contributed by atoms with E-state index < -0.39 is 5.97 Å². The van der Waals surface area contributed by atoms with Crippen molar-refractivity contribution >= 4 is 39.2 Å². The van der Waals surface area contributed by atoms with Crippen molar-refractivity contribution in [1.82, 2.24) is 4.98 Å². The lowest BCUT2D eigenvalue weighted by molar-refractivity contribution is -0.148. The summed E-state index contributed by atoms with van der Waals surface area (Å²) < 4.78 is 6.33. The minimum absolute atomic E-state index is 0.151. The molecule has 29 heavy (non-hydrogen) atoms. The highest BCUT2D eigenvalue weighted by molar-refractivity contribution is 7.17. The Kier molecular flexibility index (Phi) is 5.49. The molecular weight excluding hydrogens is 388 g/mol. The lowest BCUT2D eigenvalue weighted by atomic mass is 9.97. The summed E-state index contributed by atoms with van der Waals surface area (Å²) in [7, 11) is 0. The summed E-state index contributed by atoms with van der Waals surface area (Å²) in [5, 5.41) is 12.8. The molecule has 0 amide bonds. The highest BCUT2D eigenvalue weighted by atomic mass is 32.1. The number of carbonyl (C=O) groups is 2. The summed E-state index contributed by atoms with van der Waals surface area (Å²) in [6.45, 7) is 3.21. The summed E-state index contributed by atoms with van der Waals surface area (Å²) in [5.41, 5.74) is 1.88. The summed E-state index contributed by atoms with van der Waals surface area (Å²) in [4.78, 5) is 30.7. The first kappa shape index (κ1) is 19.4. The van der Waals surface area contributed by atoms with Crippen LogP contribution in [-0.4, -0.2) is 41.7 Å². The molecule has 1 aliphatic rings.